The molecular formula is C20H20N2O6S. The van der Waals surface area contributed by atoms with Crippen molar-refractivity contribution in [1.82, 2.24) is 0 Å². The van der Waals surface area contributed by atoms with Gasteiger partial charge in [-0.3, -0.25) is 9.59 Å². The third-order valence-corrected chi connectivity index (χ3v) is 5.44. The first kappa shape index (κ1) is 20.6. The summed E-state index contributed by atoms with van der Waals surface area (Å²) in [5.41, 5.74) is 3.87. The number of carbonyl (C=O) groups excluding carboxylic acids is 2. The van der Waals surface area contributed by atoms with Gasteiger partial charge in [0.25, 0.3) is 5.91 Å². The van der Waals surface area contributed by atoms with Crippen LogP contribution >= 0.6 is 0 Å². The largest absolute Gasteiger partial charge is 0.464 e. The zero-order chi connectivity index (χ0) is 21.2. The summed E-state index contributed by atoms with van der Waals surface area (Å²) in [5, 5.41) is 8.36. The molecule has 2 aromatic carbocycles. The smallest absolute Gasteiger partial charge is 0.310 e. The minimum absolute atomic E-state index is 0.0220. The molecule has 3 N–H and O–H groups in total. The molecule has 1 aromatic heterocycles. The number of benzene rings is 2. The SMILES string of the molecule is Cc1ccc2c(CC(=O)OCC(=O)Nc3ccc(S(N)(=O)=O)cc3)coc2c1C. The van der Waals surface area contributed by atoms with Crippen molar-refractivity contribution >= 4 is 38.6 Å². The predicted octanol–water partition coefficient (Wildman–Crippen LogP) is 2.42. The standard InChI is InChI=1S/C20H20N2O6S/c1-12-3-8-17-14(10-28-20(17)13(12)2)9-19(24)27-11-18(23)22-15-4-6-16(7-5-15)29(21,25)26/h3-8,10H,9,11H2,1-2H3,(H,22,23)(H2,21,25,26). The molecule has 0 fully saturated rings. The van der Waals surface area contributed by atoms with Gasteiger partial charge >= 0.3 is 5.97 Å². The number of furan rings is 1. The highest BCUT2D eigenvalue weighted by Crippen LogP contribution is 2.26. The van der Waals surface area contributed by atoms with Crippen molar-refractivity contribution in [3.63, 3.8) is 0 Å². The Morgan fingerprint density at radius 3 is 2.45 bits per heavy atom. The van der Waals surface area contributed by atoms with Gasteiger partial charge in [0.05, 0.1) is 17.6 Å². The maximum absolute atomic E-state index is 12.1. The molecule has 3 aromatic rings. The highest BCUT2D eigenvalue weighted by molar-refractivity contribution is 7.89. The molecule has 0 aliphatic carbocycles. The van der Waals surface area contributed by atoms with E-state index in [1.807, 2.05) is 26.0 Å². The molecule has 9 heteroatoms. The van der Waals surface area contributed by atoms with E-state index in [2.05, 4.69) is 5.32 Å². The number of fused-ring (bicyclic) bond motifs is 1. The van der Waals surface area contributed by atoms with Crippen LogP contribution in [-0.4, -0.2) is 26.9 Å². The molecule has 1 amide bonds. The van der Waals surface area contributed by atoms with Crippen molar-refractivity contribution in [3.8, 4) is 0 Å². The number of carbonyl (C=O) groups is 2. The van der Waals surface area contributed by atoms with Gasteiger partial charge in [-0.05, 0) is 49.2 Å². The Balaban J connectivity index is 1.55. The number of sulfonamides is 1. The molecular weight excluding hydrogens is 396 g/mol. The van der Waals surface area contributed by atoms with E-state index in [1.54, 1.807) is 0 Å². The normalized spacial score (nSPS) is 11.4. The molecule has 0 aliphatic rings. The summed E-state index contributed by atoms with van der Waals surface area (Å²) in [6.45, 7) is 3.46. The molecule has 8 nitrogen and oxygen atoms in total. The van der Waals surface area contributed by atoms with E-state index in [0.29, 0.717) is 11.3 Å². The molecule has 3 rings (SSSR count). The molecule has 0 atom stereocenters. The first-order valence-corrected chi connectivity index (χ1v) is 10.2. The summed E-state index contributed by atoms with van der Waals surface area (Å²) in [5.74, 6) is -1.11. The maximum atomic E-state index is 12.1. The zero-order valence-corrected chi connectivity index (χ0v) is 16.7. The van der Waals surface area contributed by atoms with Crippen LogP contribution in [-0.2, 0) is 30.8 Å². The molecule has 1 heterocycles. The van der Waals surface area contributed by atoms with Crippen molar-refractivity contribution in [2.75, 3.05) is 11.9 Å². The fourth-order valence-corrected chi connectivity index (χ4v) is 3.32. The van der Waals surface area contributed by atoms with Gasteiger partial charge < -0.3 is 14.5 Å². The van der Waals surface area contributed by atoms with Gasteiger partial charge in [-0.15, -0.1) is 0 Å². The molecule has 0 aliphatic heterocycles. The quantitative estimate of drug-likeness (QED) is 0.594. The second kappa shape index (κ2) is 8.06. The highest BCUT2D eigenvalue weighted by Gasteiger charge is 2.15. The van der Waals surface area contributed by atoms with E-state index in [4.69, 9.17) is 14.3 Å². The molecule has 0 radical (unpaired) electrons. The lowest BCUT2D eigenvalue weighted by Crippen LogP contribution is -2.21. The van der Waals surface area contributed by atoms with Crippen LogP contribution < -0.4 is 10.5 Å². The van der Waals surface area contributed by atoms with Gasteiger partial charge in [0.1, 0.15) is 5.58 Å². The van der Waals surface area contributed by atoms with Crippen LogP contribution in [0.5, 0.6) is 0 Å². The van der Waals surface area contributed by atoms with E-state index in [-0.39, 0.29) is 11.3 Å². The second-order valence-corrected chi connectivity index (χ2v) is 8.16. The van der Waals surface area contributed by atoms with E-state index in [9.17, 15) is 18.0 Å². The van der Waals surface area contributed by atoms with Crippen LogP contribution in [0.4, 0.5) is 5.69 Å². The Morgan fingerprint density at radius 2 is 1.79 bits per heavy atom. The van der Waals surface area contributed by atoms with Crippen LogP contribution in [0.15, 0.2) is 52.0 Å². The Labute approximate surface area is 167 Å². The summed E-state index contributed by atoms with van der Waals surface area (Å²) in [4.78, 5) is 24.0. The Hall–Kier alpha value is -3.17. The van der Waals surface area contributed by atoms with Crippen molar-refractivity contribution < 1.29 is 27.2 Å². The van der Waals surface area contributed by atoms with Crippen molar-refractivity contribution in [2.24, 2.45) is 5.14 Å². The number of rotatable bonds is 6. The van der Waals surface area contributed by atoms with E-state index < -0.39 is 28.5 Å². The van der Waals surface area contributed by atoms with Crippen LogP contribution in [0, 0.1) is 13.8 Å². The summed E-state index contributed by atoms with van der Waals surface area (Å²) in [6, 6.07) is 9.16. The molecule has 0 bridgehead atoms. The lowest BCUT2D eigenvalue weighted by Gasteiger charge is -2.07. The number of hydrogen-bond acceptors (Lipinski definition) is 6. The monoisotopic (exact) mass is 416 g/mol. The first-order chi connectivity index (χ1) is 13.6. The summed E-state index contributed by atoms with van der Waals surface area (Å²) >= 11 is 0. The molecule has 0 saturated carbocycles. The summed E-state index contributed by atoms with van der Waals surface area (Å²) in [6.07, 6.45) is 1.50. The van der Waals surface area contributed by atoms with Crippen LogP contribution in [0.2, 0.25) is 0 Å². The second-order valence-electron chi connectivity index (χ2n) is 6.60. The minimum atomic E-state index is -3.81. The number of anilines is 1. The highest BCUT2D eigenvalue weighted by atomic mass is 32.2. The number of primary sulfonamides is 1. The third kappa shape index (κ3) is 4.82. The molecule has 0 spiro atoms. The number of ether oxygens (including phenoxy) is 1. The van der Waals surface area contributed by atoms with Gasteiger partial charge in [-0.1, -0.05) is 12.1 Å². The number of nitrogens with one attached hydrogen (secondary N) is 1. The Kier molecular flexibility index (Phi) is 5.71. The number of amides is 1. The van der Waals surface area contributed by atoms with Gasteiger partial charge in [0, 0.05) is 16.6 Å². The molecule has 0 saturated heterocycles. The first-order valence-electron chi connectivity index (χ1n) is 8.70. The lowest BCUT2D eigenvalue weighted by molar-refractivity contribution is -0.146. The maximum Gasteiger partial charge on any atom is 0.310 e. The van der Waals surface area contributed by atoms with Crippen LogP contribution in [0.3, 0.4) is 0 Å². The van der Waals surface area contributed by atoms with E-state index in [1.165, 1.54) is 30.5 Å². The minimum Gasteiger partial charge on any atom is -0.464 e. The van der Waals surface area contributed by atoms with Crippen molar-refractivity contribution in [3.05, 3.63) is 59.4 Å². The molecule has 29 heavy (non-hydrogen) atoms. The predicted molar refractivity (Wildman–Crippen MR) is 107 cm³/mol. The Bertz CT molecular complexity index is 1180. The Morgan fingerprint density at radius 1 is 1.10 bits per heavy atom. The summed E-state index contributed by atoms with van der Waals surface area (Å²) in [7, 11) is -3.81. The lowest BCUT2D eigenvalue weighted by atomic mass is 10.0. The van der Waals surface area contributed by atoms with Gasteiger partial charge in [-0.25, -0.2) is 13.6 Å². The number of aryl methyl sites for hydroxylation is 2. The van der Waals surface area contributed by atoms with E-state index in [0.717, 1.165) is 22.1 Å². The average Bonchev–Trinajstić information content (AvgIpc) is 3.06. The van der Waals surface area contributed by atoms with Crippen molar-refractivity contribution in [1.29, 1.82) is 0 Å². The van der Waals surface area contributed by atoms with Crippen LogP contribution in [0.1, 0.15) is 16.7 Å². The zero-order valence-electron chi connectivity index (χ0n) is 15.9. The molecule has 152 valence electrons. The van der Waals surface area contributed by atoms with E-state index >= 15 is 0 Å². The van der Waals surface area contributed by atoms with Gasteiger partial charge in [0.2, 0.25) is 10.0 Å². The topological polar surface area (TPSA) is 129 Å². The summed E-state index contributed by atoms with van der Waals surface area (Å²) < 4.78 is 33.0. The fourth-order valence-electron chi connectivity index (χ4n) is 2.80. The fraction of sp³-hybridized carbons (Fsp3) is 0.200. The van der Waals surface area contributed by atoms with Crippen LogP contribution in [0.25, 0.3) is 11.0 Å². The number of hydrogen-bond donors (Lipinski definition) is 2. The molecule has 0 unspecified atom stereocenters. The van der Waals surface area contributed by atoms with Gasteiger partial charge in [0.15, 0.2) is 6.61 Å². The average molecular weight is 416 g/mol. The number of nitrogens with two attached hydrogens (primary N) is 1. The number of esters is 1. The van der Waals surface area contributed by atoms with Crippen molar-refractivity contribution in [2.45, 2.75) is 25.2 Å². The third-order valence-electron chi connectivity index (χ3n) is 4.51. The van der Waals surface area contributed by atoms with Gasteiger partial charge in [-0.2, -0.15) is 0 Å².